The fourth-order valence-corrected chi connectivity index (χ4v) is 5.40. The molecule has 42 heavy (non-hydrogen) atoms. The van der Waals surface area contributed by atoms with Crippen LogP contribution in [0.1, 0.15) is 195 Å². The van der Waals surface area contributed by atoms with Crippen molar-refractivity contribution < 1.29 is 24.2 Å². The molecule has 0 bridgehead atoms. The van der Waals surface area contributed by atoms with E-state index in [9.17, 15) is 14.7 Å². The molecule has 0 amide bonds. The monoisotopic (exact) mass is 597 g/mol. The fraction of sp³-hybridized carbons (Fsp3) is 0.946. The molecule has 0 aliphatic carbocycles. The first-order valence-corrected chi connectivity index (χ1v) is 18.3. The molecule has 0 fully saturated rings. The summed E-state index contributed by atoms with van der Waals surface area (Å²) in [5.74, 6) is 1.08. The molecule has 0 radical (unpaired) electrons. The summed E-state index contributed by atoms with van der Waals surface area (Å²) in [4.78, 5) is 23.8. The largest absolute Gasteiger partial charge is 0.463 e. The number of carbonyl (C=O) groups is 2. The number of unbranched alkanes of at least 4 members (excludes halogenated alkanes) is 20. The first kappa shape index (κ1) is 40.9. The Morgan fingerprint density at radius 1 is 0.429 bits per heavy atom. The van der Waals surface area contributed by atoms with Crippen molar-refractivity contribution in [1.82, 2.24) is 0 Å². The highest BCUT2D eigenvalue weighted by Gasteiger charge is 2.12. The zero-order valence-corrected chi connectivity index (χ0v) is 28.6. The molecule has 0 rings (SSSR count). The molecule has 1 N–H and O–H groups in total. The lowest BCUT2D eigenvalue weighted by Crippen LogP contribution is -2.25. The molecule has 5 nitrogen and oxygen atoms in total. The molecule has 0 saturated carbocycles. The molecular formula is C37H72O5. The van der Waals surface area contributed by atoms with Crippen molar-refractivity contribution in [3.8, 4) is 0 Å². The summed E-state index contributed by atoms with van der Waals surface area (Å²) < 4.78 is 10.3. The molecule has 0 unspecified atom stereocenters. The van der Waals surface area contributed by atoms with Gasteiger partial charge < -0.3 is 14.6 Å². The minimum absolute atomic E-state index is 0.110. The second-order valence-corrected chi connectivity index (χ2v) is 13.7. The van der Waals surface area contributed by atoms with E-state index in [1.54, 1.807) is 0 Å². The summed E-state index contributed by atoms with van der Waals surface area (Å²) in [7, 11) is 0. The molecule has 1 atom stereocenters. The summed E-state index contributed by atoms with van der Waals surface area (Å²) in [6, 6.07) is 0. The fourth-order valence-electron chi connectivity index (χ4n) is 5.40. The molecule has 0 aromatic rings. The zero-order chi connectivity index (χ0) is 31.1. The topological polar surface area (TPSA) is 72.8 Å². The highest BCUT2D eigenvalue weighted by molar-refractivity contribution is 5.69. The van der Waals surface area contributed by atoms with Crippen molar-refractivity contribution in [2.24, 2.45) is 11.8 Å². The third kappa shape index (κ3) is 33.4. The Morgan fingerprint density at radius 3 is 0.929 bits per heavy atom. The van der Waals surface area contributed by atoms with Crippen molar-refractivity contribution in [2.75, 3.05) is 13.2 Å². The van der Waals surface area contributed by atoms with Gasteiger partial charge in [0, 0.05) is 12.8 Å². The molecular weight excluding hydrogens is 524 g/mol. The van der Waals surface area contributed by atoms with E-state index < -0.39 is 6.10 Å². The Kier molecular flexibility index (Phi) is 30.5. The van der Waals surface area contributed by atoms with Gasteiger partial charge in [0.1, 0.15) is 19.3 Å². The summed E-state index contributed by atoms with van der Waals surface area (Å²) >= 11 is 0. The normalized spacial score (nSPS) is 12.3. The van der Waals surface area contributed by atoms with E-state index in [1.165, 1.54) is 122 Å². The SMILES string of the molecule is CC(C)CCCCCCCCCCCCCCCCCCC(=O)OC[C@@H](O)COC(=O)CCCCCCCCC(C)C. The van der Waals surface area contributed by atoms with Gasteiger partial charge in [0.05, 0.1) is 0 Å². The molecule has 0 spiro atoms. The van der Waals surface area contributed by atoms with Crippen LogP contribution in [0, 0.1) is 11.8 Å². The third-order valence-electron chi connectivity index (χ3n) is 8.20. The molecule has 5 heteroatoms. The van der Waals surface area contributed by atoms with Crippen LogP contribution >= 0.6 is 0 Å². The number of hydrogen-bond donors (Lipinski definition) is 1. The predicted octanol–water partition coefficient (Wildman–Crippen LogP) is 10.9. The van der Waals surface area contributed by atoms with E-state index >= 15 is 0 Å². The van der Waals surface area contributed by atoms with E-state index in [1.807, 2.05) is 0 Å². The molecule has 250 valence electrons. The van der Waals surface area contributed by atoms with Crippen LogP contribution in [-0.2, 0) is 19.1 Å². The van der Waals surface area contributed by atoms with E-state index in [0.717, 1.165) is 43.9 Å². The number of aliphatic hydroxyl groups excluding tert-OH is 1. The lowest BCUT2D eigenvalue weighted by atomic mass is 10.0. The van der Waals surface area contributed by atoms with E-state index in [4.69, 9.17) is 9.47 Å². The van der Waals surface area contributed by atoms with Gasteiger partial charge in [0.2, 0.25) is 0 Å². The minimum Gasteiger partial charge on any atom is -0.463 e. The zero-order valence-electron chi connectivity index (χ0n) is 28.6. The average molecular weight is 597 g/mol. The lowest BCUT2D eigenvalue weighted by Gasteiger charge is -2.12. The second kappa shape index (κ2) is 31.3. The van der Waals surface area contributed by atoms with Crippen LogP contribution in [0.5, 0.6) is 0 Å². The standard InChI is InChI=1S/C37H72O5/c1-33(2)27-23-19-15-13-11-9-7-5-6-8-10-12-14-16-21-25-29-36(39)41-31-35(38)32-42-37(40)30-26-22-18-17-20-24-28-34(3)4/h33-35,38H,5-32H2,1-4H3/t35-/m1/s1. The van der Waals surface area contributed by atoms with Gasteiger partial charge in [0.25, 0.3) is 0 Å². The van der Waals surface area contributed by atoms with Gasteiger partial charge in [-0.2, -0.15) is 0 Å². The quantitative estimate of drug-likeness (QED) is 0.0617. The van der Waals surface area contributed by atoms with E-state index in [2.05, 4.69) is 27.7 Å². The van der Waals surface area contributed by atoms with Crippen molar-refractivity contribution in [3.05, 3.63) is 0 Å². The Morgan fingerprint density at radius 2 is 0.667 bits per heavy atom. The van der Waals surface area contributed by atoms with Crippen molar-refractivity contribution in [2.45, 2.75) is 201 Å². The van der Waals surface area contributed by atoms with Gasteiger partial charge in [-0.15, -0.1) is 0 Å². The summed E-state index contributed by atoms with van der Waals surface area (Å²) in [6.45, 7) is 8.94. The van der Waals surface area contributed by atoms with Gasteiger partial charge in [-0.3, -0.25) is 9.59 Å². The number of carbonyl (C=O) groups excluding carboxylic acids is 2. The third-order valence-corrected chi connectivity index (χ3v) is 8.20. The number of hydrogen-bond acceptors (Lipinski definition) is 5. The highest BCUT2D eigenvalue weighted by atomic mass is 16.6. The molecule has 0 aromatic carbocycles. The Labute approximate surface area is 261 Å². The lowest BCUT2D eigenvalue weighted by molar-refractivity contribution is -0.152. The second-order valence-electron chi connectivity index (χ2n) is 13.7. The van der Waals surface area contributed by atoms with Gasteiger partial charge in [-0.1, -0.05) is 169 Å². The maximum absolute atomic E-state index is 11.9. The van der Waals surface area contributed by atoms with Gasteiger partial charge in [-0.25, -0.2) is 0 Å². The predicted molar refractivity (Wildman–Crippen MR) is 178 cm³/mol. The maximum Gasteiger partial charge on any atom is 0.305 e. The van der Waals surface area contributed by atoms with E-state index in [-0.39, 0.29) is 25.2 Å². The van der Waals surface area contributed by atoms with Gasteiger partial charge in [0.15, 0.2) is 0 Å². The van der Waals surface area contributed by atoms with Crippen LogP contribution in [0.2, 0.25) is 0 Å². The number of aliphatic hydroxyl groups is 1. The van der Waals surface area contributed by atoms with E-state index in [0.29, 0.717) is 12.8 Å². The van der Waals surface area contributed by atoms with Crippen LogP contribution in [0.4, 0.5) is 0 Å². The van der Waals surface area contributed by atoms with Crippen molar-refractivity contribution in [1.29, 1.82) is 0 Å². The smallest absolute Gasteiger partial charge is 0.305 e. The van der Waals surface area contributed by atoms with Crippen LogP contribution < -0.4 is 0 Å². The highest BCUT2D eigenvalue weighted by Crippen LogP contribution is 2.16. The Balaban J connectivity index is 3.37. The van der Waals surface area contributed by atoms with Crippen molar-refractivity contribution in [3.63, 3.8) is 0 Å². The number of esters is 2. The molecule has 0 heterocycles. The van der Waals surface area contributed by atoms with Gasteiger partial charge in [-0.05, 0) is 24.7 Å². The summed E-state index contributed by atoms with van der Waals surface area (Å²) in [6.07, 6.45) is 30.3. The van der Waals surface area contributed by atoms with Crippen LogP contribution in [0.15, 0.2) is 0 Å². The Bertz CT molecular complexity index is 589. The molecule has 0 aliphatic heterocycles. The van der Waals surface area contributed by atoms with Crippen LogP contribution in [0.25, 0.3) is 0 Å². The Hall–Kier alpha value is -1.10. The van der Waals surface area contributed by atoms with Crippen LogP contribution in [0.3, 0.4) is 0 Å². The molecule has 0 aromatic heterocycles. The average Bonchev–Trinajstić information content (AvgIpc) is 2.95. The number of rotatable bonds is 32. The van der Waals surface area contributed by atoms with Crippen molar-refractivity contribution >= 4 is 11.9 Å². The summed E-state index contributed by atoms with van der Waals surface area (Å²) in [5, 5.41) is 9.96. The van der Waals surface area contributed by atoms with Gasteiger partial charge >= 0.3 is 11.9 Å². The summed E-state index contributed by atoms with van der Waals surface area (Å²) in [5.41, 5.74) is 0. The first-order valence-electron chi connectivity index (χ1n) is 18.3. The van der Waals surface area contributed by atoms with Crippen LogP contribution in [-0.4, -0.2) is 36.4 Å². The maximum atomic E-state index is 11.9. The number of ether oxygens (including phenoxy) is 2. The minimum atomic E-state index is -0.955. The molecule has 0 saturated heterocycles. The first-order chi connectivity index (χ1) is 20.3. The molecule has 0 aliphatic rings.